The van der Waals surface area contributed by atoms with Gasteiger partial charge in [-0.2, -0.15) is 10.2 Å². The van der Waals surface area contributed by atoms with Gasteiger partial charge in [-0.25, -0.2) is 9.07 Å². The van der Waals surface area contributed by atoms with Crippen molar-refractivity contribution in [2.75, 3.05) is 0 Å². The Bertz CT molecular complexity index is 1050. The smallest absolute Gasteiger partial charge is 0.267 e. The zero-order valence-electron chi connectivity index (χ0n) is 15.4. The van der Waals surface area contributed by atoms with E-state index in [4.69, 9.17) is 0 Å². The van der Waals surface area contributed by atoms with Gasteiger partial charge in [0.05, 0.1) is 11.4 Å². The lowest BCUT2D eigenvalue weighted by molar-refractivity contribution is -0.122. The van der Waals surface area contributed by atoms with E-state index in [0.29, 0.717) is 11.3 Å². The summed E-state index contributed by atoms with van der Waals surface area (Å²) in [5.41, 5.74) is 3.39. The van der Waals surface area contributed by atoms with Crippen molar-refractivity contribution in [2.24, 2.45) is 7.05 Å². The number of hydrogen-bond acceptors (Lipinski definition) is 4. The largest absolute Gasteiger partial charge is 0.350 e. The summed E-state index contributed by atoms with van der Waals surface area (Å²) in [5.74, 6) is -0.750. The number of halogens is 1. The van der Waals surface area contributed by atoms with Crippen LogP contribution in [0.2, 0.25) is 0 Å². The van der Waals surface area contributed by atoms with Crippen molar-refractivity contribution in [3.63, 3.8) is 0 Å². The van der Waals surface area contributed by atoms with Crippen LogP contribution in [-0.4, -0.2) is 25.5 Å². The van der Waals surface area contributed by atoms with Gasteiger partial charge in [-0.1, -0.05) is 12.1 Å². The van der Waals surface area contributed by atoms with Gasteiger partial charge in [-0.15, -0.1) is 0 Å². The molecule has 0 radical (unpaired) electrons. The first-order valence-corrected chi connectivity index (χ1v) is 8.45. The summed E-state index contributed by atoms with van der Waals surface area (Å²) in [7, 11) is 1.84. The Kier molecular flexibility index (Phi) is 5.16. The number of carbonyl (C=O) groups excluding carboxylic acids is 1. The second-order valence-corrected chi connectivity index (χ2v) is 6.29. The van der Waals surface area contributed by atoms with Gasteiger partial charge in [-0.3, -0.25) is 14.3 Å². The summed E-state index contributed by atoms with van der Waals surface area (Å²) in [4.78, 5) is 24.3. The molecule has 7 nitrogen and oxygen atoms in total. The van der Waals surface area contributed by atoms with Crippen LogP contribution in [0, 0.1) is 19.7 Å². The Morgan fingerprint density at radius 2 is 1.96 bits per heavy atom. The second-order valence-electron chi connectivity index (χ2n) is 6.29. The molecule has 3 aromatic rings. The molecule has 0 aliphatic rings. The van der Waals surface area contributed by atoms with Crippen LogP contribution in [0.5, 0.6) is 0 Å². The molecule has 2 heterocycles. The topological polar surface area (TPSA) is 81.8 Å². The minimum absolute atomic E-state index is 0.172. The lowest BCUT2D eigenvalue weighted by Gasteiger charge is -2.09. The summed E-state index contributed by atoms with van der Waals surface area (Å²) in [6, 6.07) is 8.98. The van der Waals surface area contributed by atoms with E-state index in [2.05, 4.69) is 15.5 Å². The zero-order valence-corrected chi connectivity index (χ0v) is 15.4. The van der Waals surface area contributed by atoms with Crippen LogP contribution in [0.4, 0.5) is 4.39 Å². The van der Waals surface area contributed by atoms with Gasteiger partial charge in [-0.05, 0) is 37.6 Å². The Labute approximate surface area is 155 Å². The van der Waals surface area contributed by atoms with Gasteiger partial charge in [0.1, 0.15) is 12.4 Å². The third kappa shape index (κ3) is 4.11. The molecule has 1 amide bonds. The first kappa shape index (κ1) is 18.5. The molecule has 2 aromatic heterocycles. The quantitative estimate of drug-likeness (QED) is 0.742. The molecule has 140 valence electrons. The highest BCUT2D eigenvalue weighted by Crippen LogP contribution is 2.23. The third-order valence-corrected chi connectivity index (χ3v) is 4.30. The number of aromatic nitrogens is 4. The highest BCUT2D eigenvalue weighted by Gasteiger charge is 2.15. The molecule has 3 rings (SSSR count). The van der Waals surface area contributed by atoms with E-state index in [9.17, 15) is 14.0 Å². The van der Waals surface area contributed by atoms with Crippen molar-refractivity contribution in [2.45, 2.75) is 26.9 Å². The van der Waals surface area contributed by atoms with Crippen molar-refractivity contribution < 1.29 is 9.18 Å². The molecule has 0 atom stereocenters. The maximum absolute atomic E-state index is 13.2. The summed E-state index contributed by atoms with van der Waals surface area (Å²) in [5, 5.41) is 11.3. The fraction of sp³-hybridized carbons (Fsp3) is 0.263. The zero-order chi connectivity index (χ0) is 19.6. The Morgan fingerprint density at radius 3 is 2.63 bits per heavy atom. The van der Waals surface area contributed by atoms with E-state index in [1.54, 1.807) is 22.9 Å². The SMILES string of the molecule is Cc1nn(C)c(C)c1-c1ccc(=O)n(CC(=O)NCc2cccc(F)c2)n1. The summed E-state index contributed by atoms with van der Waals surface area (Å²) in [6.07, 6.45) is 0. The molecule has 1 N–H and O–H groups in total. The molecular weight excluding hydrogens is 349 g/mol. The molecule has 0 spiro atoms. The van der Waals surface area contributed by atoms with E-state index < -0.39 is 0 Å². The highest BCUT2D eigenvalue weighted by molar-refractivity contribution is 5.75. The Balaban J connectivity index is 1.76. The van der Waals surface area contributed by atoms with Crippen LogP contribution >= 0.6 is 0 Å². The summed E-state index contributed by atoms with van der Waals surface area (Å²) >= 11 is 0. The lowest BCUT2D eigenvalue weighted by Crippen LogP contribution is -2.33. The normalized spacial score (nSPS) is 10.8. The number of benzene rings is 1. The first-order chi connectivity index (χ1) is 12.8. The summed E-state index contributed by atoms with van der Waals surface area (Å²) < 4.78 is 16.0. The van der Waals surface area contributed by atoms with E-state index >= 15 is 0 Å². The van der Waals surface area contributed by atoms with Crippen molar-refractivity contribution in [3.8, 4) is 11.3 Å². The molecule has 0 unspecified atom stereocenters. The molecule has 0 aliphatic heterocycles. The molecule has 0 aliphatic carbocycles. The standard InChI is InChI=1S/C19H20FN5O2/c1-12-19(13(2)24(3)22-12)16-7-8-18(27)25(23-16)11-17(26)21-10-14-5-4-6-15(20)9-14/h4-9H,10-11H2,1-3H3,(H,21,26). The predicted molar refractivity (Wildman–Crippen MR) is 98.4 cm³/mol. The van der Waals surface area contributed by atoms with E-state index in [0.717, 1.165) is 21.6 Å². The first-order valence-electron chi connectivity index (χ1n) is 8.45. The van der Waals surface area contributed by atoms with Crippen molar-refractivity contribution in [3.05, 3.63) is 69.5 Å². The van der Waals surface area contributed by atoms with Gasteiger partial charge in [0.15, 0.2) is 0 Å². The number of nitrogens with zero attached hydrogens (tertiary/aromatic N) is 4. The van der Waals surface area contributed by atoms with Crippen LogP contribution < -0.4 is 10.9 Å². The molecule has 27 heavy (non-hydrogen) atoms. The van der Waals surface area contributed by atoms with Gasteiger partial charge in [0.25, 0.3) is 5.56 Å². The molecule has 0 saturated heterocycles. The molecular formula is C19H20FN5O2. The fourth-order valence-corrected chi connectivity index (χ4v) is 2.88. The van der Waals surface area contributed by atoms with E-state index in [1.165, 1.54) is 18.2 Å². The molecule has 8 heteroatoms. The maximum Gasteiger partial charge on any atom is 0.267 e. The molecule has 0 fully saturated rings. The van der Waals surface area contributed by atoms with Crippen LogP contribution in [0.1, 0.15) is 17.0 Å². The lowest BCUT2D eigenvalue weighted by atomic mass is 10.1. The van der Waals surface area contributed by atoms with Crippen molar-refractivity contribution in [1.82, 2.24) is 24.9 Å². The minimum atomic E-state index is -0.384. The minimum Gasteiger partial charge on any atom is -0.350 e. The number of rotatable bonds is 5. The fourth-order valence-electron chi connectivity index (χ4n) is 2.88. The molecule has 0 bridgehead atoms. The molecule has 0 saturated carbocycles. The number of carbonyl (C=O) groups is 1. The van der Waals surface area contributed by atoms with Gasteiger partial charge < -0.3 is 5.32 Å². The Morgan fingerprint density at radius 1 is 1.19 bits per heavy atom. The average Bonchev–Trinajstić information content (AvgIpc) is 2.87. The molecule has 1 aromatic carbocycles. The number of aryl methyl sites for hydroxylation is 2. The average molecular weight is 369 g/mol. The van der Waals surface area contributed by atoms with Crippen LogP contribution in [-0.2, 0) is 24.9 Å². The highest BCUT2D eigenvalue weighted by atomic mass is 19.1. The van der Waals surface area contributed by atoms with E-state index in [1.807, 2.05) is 20.9 Å². The van der Waals surface area contributed by atoms with Gasteiger partial charge in [0, 0.05) is 30.9 Å². The van der Waals surface area contributed by atoms with Crippen LogP contribution in [0.3, 0.4) is 0 Å². The van der Waals surface area contributed by atoms with E-state index in [-0.39, 0.29) is 30.4 Å². The van der Waals surface area contributed by atoms with Crippen LogP contribution in [0.15, 0.2) is 41.2 Å². The van der Waals surface area contributed by atoms with Crippen molar-refractivity contribution >= 4 is 5.91 Å². The number of hydrogen-bond donors (Lipinski definition) is 1. The predicted octanol–water partition coefficient (Wildman–Crippen LogP) is 1.72. The van der Waals surface area contributed by atoms with Gasteiger partial charge >= 0.3 is 0 Å². The maximum atomic E-state index is 13.2. The summed E-state index contributed by atoms with van der Waals surface area (Å²) in [6.45, 7) is 3.73. The second kappa shape index (κ2) is 7.53. The number of amides is 1. The van der Waals surface area contributed by atoms with Gasteiger partial charge in [0.2, 0.25) is 5.91 Å². The monoisotopic (exact) mass is 369 g/mol. The number of nitrogens with one attached hydrogen (secondary N) is 1. The van der Waals surface area contributed by atoms with Crippen LogP contribution in [0.25, 0.3) is 11.3 Å². The Hall–Kier alpha value is -3.29. The van der Waals surface area contributed by atoms with Crippen molar-refractivity contribution in [1.29, 1.82) is 0 Å². The third-order valence-electron chi connectivity index (χ3n) is 4.30.